The smallest absolute Gasteiger partial charge is 0.161 e. The predicted molar refractivity (Wildman–Crippen MR) is 139 cm³/mol. The molecule has 16 heteroatoms. The minimum absolute atomic E-state index is 0.0991. The average molecular weight is 447 g/mol. The zero-order chi connectivity index (χ0) is 26.4. The van der Waals surface area contributed by atoms with Gasteiger partial charge in [0.1, 0.15) is 12.1 Å². The molecular formula is C19H16B8N6O2. The quantitative estimate of drug-likeness (QED) is 0.430. The second-order valence-corrected chi connectivity index (χ2v) is 8.50. The summed E-state index contributed by atoms with van der Waals surface area (Å²) < 4.78 is 11.9. The molecule has 0 aliphatic heterocycles. The lowest BCUT2D eigenvalue weighted by Gasteiger charge is -2.50. The van der Waals surface area contributed by atoms with E-state index in [1.165, 1.54) is 31.4 Å². The van der Waals surface area contributed by atoms with E-state index < -0.39 is 27.1 Å². The number of nitrogen functional groups attached to an aromatic ring is 1. The van der Waals surface area contributed by atoms with Gasteiger partial charge in [-0.3, -0.25) is 0 Å². The number of nitriles is 1. The fourth-order valence-electron chi connectivity index (χ4n) is 4.17. The summed E-state index contributed by atoms with van der Waals surface area (Å²) in [6.07, 6.45) is 3.70. The Kier molecular flexibility index (Phi) is 7.29. The normalized spacial score (nSPS) is 19.4. The van der Waals surface area contributed by atoms with Crippen molar-refractivity contribution in [1.29, 1.82) is 5.26 Å². The third-order valence-corrected chi connectivity index (χ3v) is 6.42. The number of aromatic nitrogens is 4. The van der Waals surface area contributed by atoms with Gasteiger partial charge in [-0.25, -0.2) is 14.6 Å². The van der Waals surface area contributed by atoms with Gasteiger partial charge in [-0.2, -0.15) is 10.4 Å². The van der Waals surface area contributed by atoms with E-state index >= 15 is 0 Å². The Bertz CT molecular complexity index is 1160. The standard InChI is InChI=1S/C19H16B8N6O2/c1-34-12(35-2)5-10-13(30-8-31-15(10)29)9-6-32-33(7-9)11(3-4-28)14-16(20,21)18(24,25)19(26,27)17(14,22)23/h6-8,12H,3,5H2,1-2H3,(H2,29,30,31). The van der Waals surface area contributed by atoms with E-state index in [1.54, 1.807) is 6.20 Å². The highest BCUT2D eigenvalue weighted by Gasteiger charge is 2.62. The van der Waals surface area contributed by atoms with Crippen molar-refractivity contribution in [2.24, 2.45) is 0 Å². The number of methoxy groups -OCH3 is 2. The van der Waals surface area contributed by atoms with E-state index in [9.17, 15) is 5.26 Å². The fourth-order valence-corrected chi connectivity index (χ4v) is 4.17. The van der Waals surface area contributed by atoms with E-state index in [2.05, 4.69) is 15.1 Å². The number of hydrogen-bond donors (Lipinski definition) is 1. The van der Waals surface area contributed by atoms with Crippen LogP contribution in [-0.2, 0) is 15.9 Å². The van der Waals surface area contributed by atoms with E-state index in [4.69, 9.17) is 78.0 Å². The van der Waals surface area contributed by atoms with E-state index in [1.807, 2.05) is 6.07 Å². The van der Waals surface area contributed by atoms with Crippen molar-refractivity contribution < 1.29 is 9.47 Å². The molecule has 8 nitrogen and oxygen atoms in total. The molecular weight excluding hydrogens is 431 g/mol. The van der Waals surface area contributed by atoms with Crippen LogP contribution >= 0.6 is 0 Å². The highest BCUT2D eigenvalue weighted by atomic mass is 16.7. The van der Waals surface area contributed by atoms with Crippen LogP contribution in [0.3, 0.4) is 0 Å². The van der Waals surface area contributed by atoms with Crippen LogP contribution in [0, 0.1) is 11.3 Å². The Morgan fingerprint density at radius 3 is 2.14 bits per heavy atom. The Morgan fingerprint density at radius 1 is 1.06 bits per heavy atom. The molecule has 2 aromatic heterocycles. The van der Waals surface area contributed by atoms with Crippen molar-refractivity contribution in [3.05, 3.63) is 29.9 Å². The maximum absolute atomic E-state index is 9.54. The fraction of sp³-hybridized carbons (Fsp3) is 0.474. The van der Waals surface area contributed by atoms with Gasteiger partial charge >= 0.3 is 0 Å². The van der Waals surface area contributed by atoms with Crippen LogP contribution in [0.1, 0.15) is 12.0 Å². The summed E-state index contributed by atoms with van der Waals surface area (Å²) in [6.45, 7) is 0. The first-order valence-corrected chi connectivity index (χ1v) is 10.3. The van der Waals surface area contributed by atoms with Gasteiger partial charge in [-0.15, -0.1) is 10.4 Å². The van der Waals surface area contributed by atoms with Gasteiger partial charge in [-0.1, -0.05) is 16.0 Å². The summed E-state index contributed by atoms with van der Waals surface area (Å²) in [5.41, 5.74) is 7.58. The predicted octanol–water partition coefficient (Wildman–Crippen LogP) is -0.965. The molecule has 0 spiro atoms. The second-order valence-electron chi connectivity index (χ2n) is 8.50. The number of nitrogens with zero attached hydrogens (tertiary/aromatic N) is 5. The SMILES string of the molecule is [B]C1([B])C(=C(CC#N)n2cc(-c3ncnc(N)c3CC(OC)OC)cn2)C([B])([B])C([B])([B])C1([B])[B]. The van der Waals surface area contributed by atoms with Gasteiger partial charge in [0.2, 0.25) is 0 Å². The molecule has 0 bridgehead atoms. The molecule has 0 saturated heterocycles. The van der Waals surface area contributed by atoms with Crippen molar-refractivity contribution in [3.8, 4) is 17.3 Å². The largest absolute Gasteiger partial charge is 0.383 e. The Hall–Kier alpha value is -2.24. The molecule has 2 N–H and O–H groups in total. The van der Waals surface area contributed by atoms with Crippen molar-refractivity contribution in [2.45, 2.75) is 40.0 Å². The summed E-state index contributed by atoms with van der Waals surface area (Å²) in [5.74, 6) is 0.228. The molecule has 1 aliphatic rings. The molecule has 158 valence electrons. The average Bonchev–Trinajstić information content (AvgIpc) is 3.28. The number of rotatable bonds is 7. The van der Waals surface area contributed by atoms with Gasteiger partial charge in [0, 0.05) is 38.0 Å². The van der Waals surface area contributed by atoms with E-state index in [-0.39, 0.29) is 29.9 Å². The number of ether oxygens (including phenoxy) is 2. The van der Waals surface area contributed by atoms with E-state index in [0.29, 0.717) is 16.8 Å². The topological polar surface area (TPSA) is 112 Å². The van der Waals surface area contributed by atoms with Crippen molar-refractivity contribution in [1.82, 2.24) is 19.7 Å². The monoisotopic (exact) mass is 448 g/mol. The molecule has 1 aliphatic carbocycles. The van der Waals surface area contributed by atoms with Gasteiger partial charge < -0.3 is 15.2 Å². The lowest BCUT2D eigenvalue weighted by Crippen LogP contribution is -2.39. The van der Waals surface area contributed by atoms with Crippen LogP contribution in [0.2, 0.25) is 20.9 Å². The second kappa shape index (κ2) is 9.33. The zero-order valence-corrected chi connectivity index (χ0v) is 19.5. The summed E-state index contributed by atoms with van der Waals surface area (Å²) in [6, 6.07) is 2.00. The maximum atomic E-state index is 9.54. The van der Waals surface area contributed by atoms with Crippen LogP contribution in [0.15, 0.2) is 24.3 Å². The molecule has 1 saturated carbocycles. The first-order valence-electron chi connectivity index (χ1n) is 10.3. The molecule has 2 aromatic rings. The summed E-state index contributed by atoms with van der Waals surface area (Å²) in [4.78, 5) is 8.38. The number of anilines is 1. The molecule has 1 fully saturated rings. The lowest BCUT2D eigenvalue weighted by molar-refractivity contribution is -0.100. The van der Waals surface area contributed by atoms with Crippen LogP contribution in [0.4, 0.5) is 5.82 Å². The first-order chi connectivity index (χ1) is 16.2. The first kappa shape index (κ1) is 27.3. The third kappa shape index (κ3) is 4.11. The molecule has 0 aromatic carbocycles. The third-order valence-electron chi connectivity index (χ3n) is 6.42. The van der Waals surface area contributed by atoms with Crippen LogP contribution in [0.25, 0.3) is 17.0 Å². The highest BCUT2D eigenvalue weighted by Crippen LogP contribution is 2.79. The van der Waals surface area contributed by atoms with Crippen LogP contribution in [0.5, 0.6) is 0 Å². The van der Waals surface area contributed by atoms with Gasteiger partial charge in [0.05, 0.1) is 92.8 Å². The highest BCUT2D eigenvalue weighted by molar-refractivity contribution is 6.70. The minimum Gasteiger partial charge on any atom is -0.383 e. The summed E-state index contributed by atoms with van der Waals surface area (Å²) in [5, 5.41) is 5.35. The number of nitrogens with two attached hydrogens (primary N) is 1. The Labute approximate surface area is 215 Å². The zero-order valence-electron chi connectivity index (χ0n) is 19.5. The van der Waals surface area contributed by atoms with E-state index in [0.717, 1.165) is 0 Å². The summed E-state index contributed by atoms with van der Waals surface area (Å²) in [7, 11) is 52.7. The van der Waals surface area contributed by atoms with Crippen molar-refractivity contribution in [3.63, 3.8) is 0 Å². The molecule has 35 heavy (non-hydrogen) atoms. The Morgan fingerprint density at radius 2 is 1.63 bits per heavy atom. The van der Waals surface area contributed by atoms with Gasteiger partial charge in [0.15, 0.2) is 6.29 Å². The van der Waals surface area contributed by atoms with Gasteiger partial charge in [0.25, 0.3) is 0 Å². The van der Waals surface area contributed by atoms with Gasteiger partial charge in [-0.05, 0) is 0 Å². The lowest BCUT2D eigenvalue weighted by atomic mass is 9.17. The number of allylic oxidation sites excluding steroid dienone is 2. The molecule has 3 rings (SSSR count). The molecule has 16 radical (unpaired) electrons. The number of hydrogen-bond acceptors (Lipinski definition) is 7. The molecule has 0 unspecified atom stereocenters. The Balaban J connectivity index is 2.21. The summed E-state index contributed by atoms with van der Waals surface area (Å²) >= 11 is 0. The maximum Gasteiger partial charge on any atom is 0.161 e. The van der Waals surface area contributed by atoms with Crippen molar-refractivity contribution in [2.75, 3.05) is 20.0 Å². The van der Waals surface area contributed by atoms with Crippen LogP contribution in [-0.4, -0.2) is 103 Å². The minimum atomic E-state index is -2.15. The molecule has 2 heterocycles. The molecule has 0 atom stereocenters. The van der Waals surface area contributed by atoms with Crippen molar-refractivity contribution >= 4 is 74.3 Å². The molecule has 0 amide bonds. The van der Waals surface area contributed by atoms with Crippen LogP contribution < -0.4 is 5.73 Å².